The van der Waals surface area contributed by atoms with Crippen molar-refractivity contribution in [3.63, 3.8) is 0 Å². The minimum Gasteiger partial charge on any atom is -0.481 e. The molecule has 15 atom stereocenters. The van der Waals surface area contributed by atoms with Crippen LogP contribution in [0.3, 0.4) is 0 Å². The van der Waals surface area contributed by atoms with Gasteiger partial charge in [0.05, 0.1) is 38.4 Å². The Morgan fingerprint density at radius 3 is 1.91 bits per heavy atom. The zero-order valence-corrected chi connectivity index (χ0v) is 65.3. The van der Waals surface area contributed by atoms with E-state index < -0.39 is 217 Å². The summed E-state index contributed by atoms with van der Waals surface area (Å²) in [5.41, 5.74) is 24.1. The summed E-state index contributed by atoms with van der Waals surface area (Å²) in [6, 6.07) is -3.45. The number of hydrogen-bond acceptors (Lipinski definition) is 24. The van der Waals surface area contributed by atoms with Crippen LogP contribution in [0.25, 0.3) is 11.3 Å². The van der Waals surface area contributed by atoms with Crippen molar-refractivity contribution in [2.45, 2.75) is 202 Å². The first-order valence-electron chi connectivity index (χ1n) is 37.8. The Morgan fingerprint density at radius 1 is 0.658 bits per heavy atom. The Kier molecular flexibility index (Phi) is 35.6. The molecular weight excluding hydrogens is 1530 g/mol. The quantitative estimate of drug-likeness (QED) is 0.0133. The minimum atomic E-state index is -1.96. The van der Waals surface area contributed by atoms with Gasteiger partial charge in [0, 0.05) is 49.7 Å². The van der Waals surface area contributed by atoms with Crippen molar-refractivity contribution < 1.29 is 92.3 Å². The van der Waals surface area contributed by atoms with Crippen LogP contribution in [0, 0.1) is 5.92 Å². The molecule has 114 heavy (non-hydrogen) atoms. The molecule has 624 valence electrons. The van der Waals surface area contributed by atoms with Crippen LogP contribution in [0.5, 0.6) is 0 Å². The standard InChI is InChI=1S/C72H105N21O19S2/c1-4-39(2)57-66(106)85-50(62(102)80-45(31-41-17-7-5-8-18-41)68(108)91-28-14-23-52(91)64(104)81-46(71(111)112)32-56(97)98)37-113-114-38-51(84-59(99)43(78-55(96)33-74)22-13-27-77-72(75)76)63(103)87-58(40(3)95)67(107)79-44(21-11-12-26-73)60(100)83-49(36-94)61(101)82-48(35-90-34-47(88-89-90)42-19-9-6-10-20-42)69(109)93-30-16-25-54(93)70(110)92-29-15-24-53(92)65(105)86-57/h5-10,17-20,34,39-40,43-46,48-54,57-58,94-95H,4,11-16,21-33,35-38,73-74H2,1-3H3,(H,78,96)(H,79,107)(H,80,102)(H,81,104)(H,82,101)(H,83,100)(H,84,99)(H,85,106)(H,86,105)(H,87,103)(H,97,98)(H,111,112)(H4,75,76,77)/t39-,40+,43-,44-,45-,46-,48-,49-,50-,51-,52-,53-,54-,57-,58-/m0/s1. The first-order chi connectivity index (χ1) is 54.5. The number of aliphatic carboxylic acids is 2. The smallest absolute Gasteiger partial charge is 0.326 e. The van der Waals surface area contributed by atoms with E-state index in [2.05, 4.69) is 68.5 Å². The highest BCUT2D eigenvalue weighted by atomic mass is 33.1. The number of guanidine groups is 1. The Bertz CT molecular complexity index is 3900. The number of likely N-dealkylation sites (tertiary alicyclic amines) is 1. The molecule has 5 heterocycles. The molecule has 1 aromatic heterocycles. The van der Waals surface area contributed by atoms with Crippen molar-refractivity contribution in [1.82, 2.24) is 82.9 Å². The number of amides is 13. The number of nitrogens with two attached hydrogens (primary N) is 4. The number of carboxylic acids is 2. The van der Waals surface area contributed by atoms with Crippen molar-refractivity contribution >= 4 is 116 Å². The molecule has 40 nitrogen and oxygen atoms in total. The number of aromatic nitrogens is 3. The Labute approximate surface area is 665 Å². The average molecular weight is 1630 g/mol. The monoisotopic (exact) mass is 1630 g/mol. The average Bonchev–Trinajstić information content (AvgIpc) is 1.63. The molecule has 4 aliphatic heterocycles. The number of nitrogens with zero attached hydrogens (tertiary/aromatic N) is 7. The fourth-order valence-electron chi connectivity index (χ4n) is 13.5. The maximum absolute atomic E-state index is 15.4. The lowest BCUT2D eigenvalue weighted by atomic mass is 9.97. The number of rotatable bonds is 29. The van der Waals surface area contributed by atoms with E-state index in [1.807, 2.05) is 0 Å². The second kappa shape index (κ2) is 44.8. The van der Waals surface area contributed by atoms with E-state index in [0.29, 0.717) is 29.7 Å². The third-order valence-corrected chi connectivity index (χ3v) is 22.3. The van der Waals surface area contributed by atoms with E-state index >= 15 is 24.0 Å². The van der Waals surface area contributed by atoms with E-state index in [9.17, 15) is 68.4 Å². The second-order valence-electron chi connectivity index (χ2n) is 28.2. The topological polar surface area (TPSA) is 614 Å². The van der Waals surface area contributed by atoms with E-state index in [-0.39, 0.29) is 109 Å². The third-order valence-electron chi connectivity index (χ3n) is 19.8. The fourth-order valence-corrected chi connectivity index (χ4v) is 15.8. The number of benzene rings is 2. The molecule has 7 rings (SSSR count). The van der Waals surface area contributed by atoms with Gasteiger partial charge in [0.25, 0.3) is 0 Å². The molecule has 0 saturated carbocycles. The Hall–Kier alpha value is -10.6. The Balaban J connectivity index is 1.31. The predicted molar refractivity (Wildman–Crippen MR) is 414 cm³/mol. The number of aliphatic imine (C=N–C) groups is 1. The SMILES string of the molecule is CC[C@H](C)[C@@H]1NC(=O)[C@@H]2CCCN2C(=O)[C@@H]2CCCN2C(=O)[C@H](Cn2cc(-c3ccccc3)nn2)NC(=O)[C@H](CO)NC(=O)[C@H](CCCCN)NC(=O)[C@H]([C@@H](C)O)NC(=O)[C@@H](NC(=O)[C@H](CCCN=C(N)N)NC(=O)CN)CSSC[C@@H](C(=O)N[C@@H](Cc2ccccc2)C(=O)N2CCC[C@H]2C(=O)N[C@@H](CC(=O)O)C(=O)O)NC1=O. The van der Waals surface area contributed by atoms with Gasteiger partial charge >= 0.3 is 11.9 Å². The summed E-state index contributed by atoms with van der Waals surface area (Å²) >= 11 is 0. The van der Waals surface area contributed by atoms with Gasteiger partial charge in [0.1, 0.15) is 84.2 Å². The number of aliphatic hydroxyl groups is 2. The number of nitrogens with one attached hydrogen (secondary N) is 10. The van der Waals surface area contributed by atoms with Crippen LogP contribution >= 0.6 is 21.6 Å². The molecule has 3 aromatic rings. The van der Waals surface area contributed by atoms with E-state index in [4.69, 9.17) is 22.9 Å². The van der Waals surface area contributed by atoms with Crippen molar-refractivity contribution in [3.8, 4) is 11.3 Å². The molecule has 42 heteroatoms. The summed E-state index contributed by atoms with van der Waals surface area (Å²) < 4.78 is 1.27. The minimum absolute atomic E-state index is 0.00351. The van der Waals surface area contributed by atoms with Crippen molar-refractivity contribution in [2.24, 2.45) is 33.8 Å². The first kappa shape index (κ1) is 90.6. The molecule has 0 radical (unpaired) electrons. The first-order valence-corrected chi connectivity index (χ1v) is 40.3. The summed E-state index contributed by atoms with van der Waals surface area (Å²) in [4.78, 5) is 222. The van der Waals surface area contributed by atoms with Gasteiger partial charge in [-0.05, 0) is 95.6 Å². The number of carboxylic acid groups (broad SMARTS) is 2. The fraction of sp³-hybridized carbons (Fsp3) is 0.583. The predicted octanol–water partition coefficient (Wildman–Crippen LogP) is -5.48. The zero-order valence-electron chi connectivity index (χ0n) is 63.7. The molecule has 0 unspecified atom stereocenters. The molecule has 4 aliphatic rings. The number of hydrogen-bond donors (Lipinski definition) is 18. The zero-order chi connectivity index (χ0) is 83.3. The molecule has 4 fully saturated rings. The van der Waals surface area contributed by atoms with Gasteiger partial charge in [0.2, 0.25) is 76.8 Å². The summed E-state index contributed by atoms with van der Waals surface area (Å²) in [6.45, 7) is 2.42. The van der Waals surface area contributed by atoms with Crippen LogP contribution in [0.1, 0.15) is 110 Å². The van der Waals surface area contributed by atoms with Crippen LogP contribution in [0.15, 0.2) is 71.9 Å². The lowest BCUT2D eigenvalue weighted by Crippen LogP contribution is -2.62. The number of fused-ring (bicyclic) bond motifs is 2. The third kappa shape index (κ3) is 26.3. The molecule has 0 aliphatic carbocycles. The summed E-state index contributed by atoms with van der Waals surface area (Å²) in [7, 11) is 1.63. The van der Waals surface area contributed by atoms with Crippen molar-refractivity contribution in [2.75, 3.05) is 57.4 Å². The molecule has 4 saturated heterocycles. The lowest BCUT2D eigenvalue weighted by Gasteiger charge is -2.34. The number of carbonyl (C=O) groups is 15. The van der Waals surface area contributed by atoms with Gasteiger partial charge < -0.3 is 111 Å². The maximum Gasteiger partial charge on any atom is 0.326 e. The number of unbranched alkanes of at least 4 members (excludes halogenated alkanes) is 1. The van der Waals surface area contributed by atoms with Crippen LogP contribution in [-0.2, 0) is 84.9 Å². The van der Waals surface area contributed by atoms with Gasteiger partial charge in [-0.1, -0.05) is 108 Å². The highest BCUT2D eigenvalue weighted by Crippen LogP contribution is 2.29. The van der Waals surface area contributed by atoms with Crippen LogP contribution < -0.4 is 76.1 Å². The van der Waals surface area contributed by atoms with Crippen LogP contribution in [-0.4, -0.2) is 287 Å². The van der Waals surface area contributed by atoms with E-state index in [1.165, 1.54) is 20.7 Å². The molecular formula is C72H105N21O19S2. The van der Waals surface area contributed by atoms with Crippen molar-refractivity contribution in [3.05, 3.63) is 72.4 Å². The molecule has 0 spiro atoms. The summed E-state index contributed by atoms with van der Waals surface area (Å²) in [5, 5.41) is 75.5. The molecule has 13 amide bonds. The number of carbonyl (C=O) groups excluding carboxylic acids is 13. The van der Waals surface area contributed by atoms with Crippen LogP contribution in [0.2, 0.25) is 0 Å². The normalized spacial score (nSPS) is 23.9. The molecule has 22 N–H and O–H groups in total. The molecule has 2 aromatic carbocycles. The van der Waals surface area contributed by atoms with Gasteiger partial charge in [-0.15, -0.1) is 5.10 Å². The largest absolute Gasteiger partial charge is 0.481 e. The lowest BCUT2D eigenvalue weighted by molar-refractivity contribution is -0.148. The summed E-state index contributed by atoms with van der Waals surface area (Å²) in [5.74, 6) is -17.5. The van der Waals surface area contributed by atoms with E-state index in [1.54, 1.807) is 74.5 Å². The second-order valence-corrected chi connectivity index (χ2v) is 30.8. The summed E-state index contributed by atoms with van der Waals surface area (Å²) in [6.07, 6.45) is -0.0842. The van der Waals surface area contributed by atoms with Gasteiger partial charge in [-0.3, -0.25) is 72.1 Å². The van der Waals surface area contributed by atoms with E-state index in [0.717, 1.165) is 33.4 Å². The molecule has 0 bridgehead atoms. The van der Waals surface area contributed by atoms with Crippen molar-refractivity contribution in [1.29, 1.82) is 0 Å². The number of aliphatic hydroxyl groups excluding tert-OH is 2. The van der Waals surface area contributed by atoms with Gasteiger partial charge in [-0.25, -0.2) is 9.48 Å². The van der Waals surface area contributed by atoms with Gasteiger partial charge in [-0.2, -0.15) is 0 Å². The Morgan fingerprint density at radius 2 is 1.27 bits per heavy atom. The maximum atomic E-state index is 15.4. The van der Waals surface area contributed by atoms with Crippen LogP contribution in [0.4, 0.5) is 0 Å². The highest BCUT2D eigenvalue weighted by molar-refractivity contribution is 8.76. The highest BCUT2D eigenvalue weighted by Gasteiger charge is 2.47. The van der Waals surface area contributed by atoms with Gasteiger partial charge in [0.15, 0.2) is 5.96 Å².